The molecule has 2 aromatic heterocycles. The molecule has 11 nitrogen and oxygen atoms in total. The van der Waals surface area contributed by atoms with Gasteiger partial charge in [0.25, 0.3) is 5.91 Å². The third-order valence-electron chi connectivity index (χ3n) is 7.75. The molecule has 1 fully saturated rings. The number of para-hydroxylation sites is 1. The van der Waals surface area contributed by atoms with Gasteiger partial charge in [0.15, 0.2) is 0 Å². The van der Waals surface area contributed by atoms with E-state index in [1.54, 1.807) is 20.2 Å². The Morgan fingerprint density at radius 2 is 1.87 bits per heavy atom. The van der Waals surface area contributed by atoms with Gasteiger partial charge < -0.3 is 28.3 Å². The molecule has 2 aromatic carbocycles. The predicted molar refractivity (Wildman–Crippen MR) is 174 cm³/mol. The molecule has 0 bridgehead atoms. The molecule has 1 saturated heterocycles. The van der Waals surface area contributed by atoms with E-state index in [1.165, 1.54) is 41.9 Å². The Kier molecular flexibility index (Phi) is 10.8. The van der Waals surface area contributed by atoms with Gasteiger partial charge in [-0.3, -0.25) is 9.59 Å². The SMILES string of the molecule is CCOC(=O)c1ccc(N(C=O)C(=O)c2c(N(C)CC(OC3CCOCC3)c3ccccc3OC)sc(-c3ncco3)c2C)cc1. The lowest BCUT2D eigenvalue weighted by Crippen LogP contribution is -2.34. The van der Waals surface area contributed by atoms with Crippen molar-refractivity contribution in [3.63, 3.8) is 0 Å². The Bertz CT molecular complexity index is 1630. The number of nitrogens with zero attached hydrogens (tertiary/aromatic N) is 3. The first-order chi connectivity index (χ1) is 22.4. The number of amides is 2. The standard InChI is InChI=1S/C34H37N3O8S/c1-5-43-34(40)23-10-12-24(13-11-23)37(21-38)32(39)29-22(2)30(31-35-16-19-44-31)46-33(29)36(3)20-28(45-25-14-17-42-18-15-25)26-8-6-7-9-27(26)41-4/h6-13,16,19,21,25,28H,5,14-15,17-18,20H2,1-4H3. The number of hydrogen-bond acceptors (Lipinski definition) is 11. The molecular formula is C34H37N3O8S. The van der Waals surface area contributed by atoms with Crippen LogP contribution < -0.4 is 14.5 Å². The van der Waals surface area contributed by atoms with Crippen LogP contribution >= 0.6 is 11.3 Å². The van der Waals surface area contributed by atoms with Crippen LogP contribution in [0.15, 0.2) is 65.4 Å². The maximum absolute atomic E-state index is 14.3. The smallest absolute Gasteiger partial charge is 0.338 e. The molecule has 1 aliphatic heterocycles. The van der Waals surface area contributed by atoms with Crippen LogP contribution in [-0.2, 0) is 19.0 Å². The van der Waals surface area contributed by atoms with Crippen LogP contribution in [0.4, 0.5) is 10.7 Å². The van der Waals surface area contributed by atoms with E-state index in [9.17, 15) is 14.4 Å². The van der Waals surface area contributed by atoms with Crippen molar-refractivity contribution in [3.8, 4) is 16.5 Å². The van der Waals surface area contributed by atoms with Gasteiger partial charge in [-0.2, -0.15) is 0 Å². The number of esters is 1. The number of likely N-dealkylation sites (N-methyl/N-ethyl adjacent to an activating group) is 1. The highest BCUT2D eigenvalue weighted by molar-refractivity contribution is 7.20. The second-order valence-corrected chi connectivity index (χ2v) is 11.7. The number of ether oxygens (including phenoxy) is 4. The van der Waals surface area contributed by atoms with E-state index in [0.29, 0.717) is 70.1 Å². The van der Waals surface area contributed by atoms with E-state index in [0.717, 1.165) is 23.3 Å². The van der Waals surface area contributed by atoms with E-state index in [1.807, 2.05) is 43.1 Å². The minimum atomic E-state index is -0.536. The highest BCUT2D eigenvalue weighted by Gasteiger charge is 2.32. The lowest BCUT2D eigenvalue weighted by atomic mass is 10.1. The zero-order chi connectivity index (χ0) is 32.6. The zero-order valence-electron chi connectivity index (χ0n) is 26.3. The summed E-state index contributed by atoms with van der Waals surface area (Å²) in [6.07, 6.45) is 4.62. The summed E-state index contributed by atoms with van der Waals surface area (Å²) in [5, 5.41) is 0.612. The summed E-state index contributed by atoms with van der Waals surface area (Å²) in [6, 6.07) is 13.9. The van der Waals surface area contributed by atoms with Gasteiger partial charge in [-0.15, -0.1) is 11.3 Å². The van der Waals surface area contributed by atoms with Crippen LogP contribution in [0.25, 0.3) is 10.8 Å². The molecule has 5 rings (SSSR count). The van der Waals surface area contributed by atoms with Crippen molar-refractivity contribution in [1.29, 1.82) is 0 Å². The van der Waals surface area contributed by atoms with E-state index in [2.05, 4.69) is 4.98 Å². The zero-order valence-corrected chi connectivity index (χ0v) is 27.1. The number of imide groups is 1. The van der Waals surface area contributed by atoms with Gasteiger partial charge in [-0.25, -0.2) is 14.7 Å². The Hall–Kier alpha value is -4.52. The summed E-state index contributed by atoms with van der Waals surface area (Å²) in [7, 11) is 3.51. The normalized spacial score (nSPS) is 14.0. The van der Waals surface area contributed by atoms with Crippen LogP contribution in [0.2, 0.25) is 0 Å². The number of anilines is 2. The van der Waals surface area contributed by atoms with Gasteiger partial charge in [-0.05, 0) is 62.6 Å². The molecular weight excluding hydrogens is 610 g/mol. The largest absolute Gasteiger partial charge is 0.496 e. The molecule has 0 radical (unpaired) electrons. The van der Waals surface area contributed by atoms with E-state index < -0.39 is 18.0 Å². The molecule has 46 heavy (non-hydrogen) atoms. The van der Waals surface area contributed by atoms with E-state index >= 15 is 0 Å². The van der Waals surface area contributed by atoms with Crippen LogP contribution in [0.3, 0.4) is 0 Å². The lowest BCUT2D eigenvalue weighted by molar-refractivity contribution is -0.106. The average molecular weight is 648 g/mol. The van der Waals surface area contributed by atoms with Crippen LogP contribution in [0.1, 0.15) is 57.7 Å². The number of aromatic nitrogens is 1. The number of rotatable bonds is 13. The number of thiophene rings is 1. The molecule has 1 aliphatic rings. The first kappa shape index (κ1) is 32.9. The van der Waals surface area contributed by atoms with E-state index in [-0.39, 0.29) is 12.7 Å². The number of hydrogen-bond donors (Lipinski definition) is 0. The van der Waals surface area contributed by atoms with Crippen molar-refractivity contribution >= 4 is 40.3 Å². The summed E-state index contributed by atoms with van der Waals surface area (Å²) in [5.74, 6) is 0.0446. The maximum atomic E-state index is 14.3. The minimum absolute atomic E-state index is 0.00532. The van der Waals surface area contributed by atoms with Crippen molar-refractivity contribution < 1.29 is 37.7 Å². The number of methoxy groups -OCH3 is 1. The fourth-order valence-corrected chi connectivity index (χ4v) is 6.61. The molecule has 0 spiro atoms. The van der Waals surface area contributed by atoms with E-state index in [4.69, 9.17) is 23.4 Å². The Morgan fingerprint density at radius 1 is 1.13 bits per heavy atom. The second-order valence-electron chi connectivity index (χ2n) is 10.7. The van der Waals surface area contributed by atoms with Gasteiger partial charge in [0.1, 0.15) is 23.1 Å². The van der Waals surface area contributed by atoms with Crippen LogP contribution in [-0.4, -0.2) is 69.9 Å². The molecule has 1 unspecified atom stereocenters. The maximum Gasteiger partial charge on any atom is 0.338 e. The summed E-state index contributed by atoms with van der Waals surface area (Å²) in [6.45, 7) is 5.40. The highest BCUT2D eigenvalue weighted by Crippen LogP contribution is 2.43. The van der Waals surface area contributed by atoms with Crippen molar-refractivity contribution in [3.05, 3.63) is 83.2 Å². The molecule has 2 amide bonds. The van der Waals surface area contributed by atoms with Crippen molar-refractivity contribution in [2.45, 2.75) is 38.9 Å². The fourth-order valence-electron chi connectivity index (χ4n) is 5.40. The average Bonchev–Trinajstić information content (AvgIpc) is 3.73. The van der Waals surface area contributed by atoms with Gasteiger partial charge in [0.05, 0.1) is 47.7 Å². The Labute approximate surface area is 271 Å². The number of benzene rings is 2. The number of carbonyl (C=O) groups is 3. The predicted octanol–water partition coefficient (Wildman–Crippen LogP) is 6.07. The quantitative estimate of drug-likeness (QED) is 0.125. The third kappa shape index (κ3) is 7.14. The van der Waals surface area contributed by atoms with Crippen molar-refractivity contribution in [2.24, 2.45) is 0 Å². The van der Waals surface area contributed by atoms with Crippen molar-refractivity contribution in [1.82, 2.24) is 4.98 Å². The van der Waals surface area contributed by atoms with Gasteiger partial charge >= 0.3 is 5.97 Å². The molecule has 0 saturated carbocycles. The third-order valence-corrected chi connectivity index (χ3v) is 9.14. The monoisotopic (exact) mass is 647 g/mol. The van der Waals surface area contributed by atoms with Crippen molar-refractivity contribution in [2.75, 3.05) is 50.3 Å². The fraction of sp³-hybridized carbons (Fsp3) is 0.353. The summed E-state index contributed by atoms with van der Waals surface area (Å²) in [5.41, 5.74) is 2.45. The summed E-state index contributed by atoms with van der Waals surface area (Å²) >= 11 is 1.35. The molecule has 242 valence electrons. The Balaban J connectivity index is 1.52. The minimum Gasteiger partial charge on any atom is -0.496 e. The first-order valence-corrected chi connectivity index (χ1v) is 15.8. The molecule has 1 atom stereocenters. The molecule has 0 aliphatic carbocycles. The van der Waals surface area contributed by atoms with Crippen LogP contribution in [0, 0.1) is 6.92 Å². The summed E-state index contributed by atoms with van der Waals surface area (Å²) in [4.78, 5) is 46.9. The van der Waals surface area contributed by atoms with Gasteiger partial charge in [0.2, 0.25) is 12.3 Å². The number of carbonyl (C=O) groups excluding carboxylic acids is 3. The number of oxazole rings is 1. The Morgan fingerprint density at radius 3 is 2.52 bits per heavy atom. The molecule has 0 N–H and O–H groups in total. The molecule has 3 heterocycles. The van der Waals surface area contributed by atoms with Gasteiger partial charge in [0, 0.05) is 32.4 Å². The lowest BCUT2D eigenvalue weighted by Gasteiger charge is -2.32. The van der Waals surface area contributed by atoms with Crippen LogP contribution in [0.5, 0.6) is 5.75 Å². The first-order valence-electron chi connectivity index (χ1n) is 15.0. The topological polar surface area (TPSA) is 121 Å². The molecule has 12 heteroatoms. The second kappa shape index (κ2) is 15.2. The highest BCUT2D eigenvalue weighted by atomic mass is 32.1. The molecule has 4 aromatic rings. The van der Waals surface area contributed by atoms with Gasteiger partial charge in [-0.1, -0.05) is 18.2 Å². The summed E-state index contributed by atoms with van der Waals surface area (Å²) < 4.78 is 28.6.